The first-order valence-electron chi connectivity index (χ1n) is 8.54. The van der Waals surface area contributed by atoms with E-state index in [-0.39, 0.29) is 25.3 Å². The fraction of sp³-hybridized carbons (Fsp3) is 0.350. The minimum Gasteiger partial charge on any atom is -0.445 e. The number of hydrogen-bond donors (Lipinski definition) is 2. The Labute approximate surface area is 148 Å². The van der Waals surface area contributed by atoms with Crippen LogP contribution in [0.1, 0.15) is 18.9 Å². The molecular formula is C20H24N2O3. The van der Waals surface area contributed by atoms with Crippen molar-refractivity contribution in [2.45, 2.75) is 31.6 Å². The van der Waals surface area contributed by atoms with Crippen LogP contribution < -0.4 is 5.32 Å². The number of carbonyl (C=O) groups is 1. The Morgan fingerprint density at radius 1 is 1.20 bits per heavy atom. The highest BCUT2D eigenvalue weighted by atomic mass is 16.6. The molecule has 1 amide bonds. The molecule has 5 nitrogen and oxygen atoms in total. The van der Waals surface area contributed by atoms with Gasteiger partial charge in [-0.05, 0) is 31.0 Å². The molecule has 2 aromatic rings. The smallest absolute Gasteiger partial charge is 0.410 e. The second-order valence-corrected chi connectivity index (χ2v) is 6.67. The lowest BCUT2D eigenvalue weighted by molar-refractivity contribution is -0.0259. The van der Waals surface area contributed by atoms with Crippen molar-refractivity contribution in [2.24, 2.45) is 0 Å². The number of amides is 1. The van der Waals surface area contributed by atoms with Gasteiger partial charge >= 0.3 is 6.09 Å². The first-order chi connectivity index (χ1) is 12.0. The highest BCUT2D eigenvalue weighted by molar-refractivity contribution is 5.68. The standard InChI is InChI=1S/C20H24N2O3/c1-20(24)15-22(19(23)25-14-16-8-4-2-5-9-16)13-12-18(20)21-17-10-6-3-7-11-17/h2-11,18,21,24H,12-15H2,1H3/t18-,20+/m0/s1. The van der Waals surface area contributed by atoms with E-state index < -0.39 is 5.60 Å². The van der Waals surface area contributed by atoms with E-state index in [0.29, 0.717) is 13.0 Å². The fourth-order valence-electron chi connectivity index (χ4n) is 3.10. The molecule has 0 bridgehead atoms. The Morgan fingerprint density at radius 3 is 2.48 bits per heavy atom. The van der Waals surface area contributed by atoms with E-state index >= 15 is 0 Å². The molecule has 0 saturated carbocycles. The minimum atomic E-state index is -1.03. The average molecular weight is 340 g/mol. The van der Waals surface area contributed by atoms with Crippen LogP contribution in [0.25, 0.3) is 0 Å². The molecular weight excluding hydrogens is 316 g/mol. The number of likely N-dealkylation sites (tertiary alicyclic amines) is 1. The third-order valence-electron chi connectivity index (χ3n) is 4.53. The number of hydrogen-bond acceptors (Lipinski definition) is 4. The number of carbonyl (C=O) groups excluding carboxylic acids is 1. The molecule has 0 radical (unpaired) electrons. The number of benzene rings is 2. The van der Waals surface area contributed by atoms with Gasteiger partial charge in [0.25, 0.3) is 0 Å². The summed E-state index contributed by atoms with van der Waals surface area (Å²) in [5.74, 6) is 0. The number of nitrogens with zero attached hydrogens (tertiary/aromatic N) is 1. The van der Waals surface area contributed by atoms with E-state index in [1.54, 1.807) is 11.8 Å². The maximum absolute atomic E-state index is 12.3. The van der Waals surface area contributed by atoms with Gasteiger partial charge in [0.1, 0.15) is 6.61 Å². The highest BCUT2D eigenvalue weighted by Gasteiger charge is 2.40. The summed E-state index contributed by atoms with van der Waals surface area (Å²) >= 11 is 0. The van der Waals surface area contributed by atoms with Gasteiger partial charge < -0.3 is 20.1 Å². The number of para-hydroxylation sites is 1. The fourth-order valence-corrected chi connectivity index (χ4v) is 3.10. The Bertz CT molecular complexity index is 689. The van der Waals surface area contributed by atoms with Gasteiger partial charge in [-0.1, -0.05) is 48.5 Å². The van der Waals surface area contributed by atoms with Gasteiger partial charge in [-0.2, -0.15) is 0 Å². The van der Waals surface area contributed by atoms with Gasteiger partial charge in [0.15, 0.2) is 0 Å². The van der Waals surface area contributed by atoms with E-state index in [2.05, 4.69) is 5.32 Å². The Hall–Kier alpha value is -2.53. The van der Waals surface area contributed by atoms with Crippen molar-refractivity contribution < 1.29 is 14.6 Å². The molecule has 1 aliphatic heterocycles. The molecule has 1 aliphatic rings. The highest BCUT2D eigenvalue weighted by Crippen LogP contribution is 2.25. The van der Waals surface area contributed by atoms with Crippen LogP contribution in [-0.4, -0.2) is 40.8 Å². The van der Waals surface area contributed by atoms with E-state index in [1.165, 1.54) is 0 Å². The zero-order chi connectivity index (χ0) is 17.7. The third-order valence-corrected chi connectivity index (χ3v) is 4.53. The molecule has 1 fully saturated rings. The topological polar surface area (TPSA) is 61.8 Å². The number of nitrogens with one attached hydrogen (secondary N) is 1. The van der Waals surface area contributed by atoms with Crippen LogP contribution in [0.15, 0.2) is 60.7 Å². The second-order valence-electron chi connectivity index (χ2n) is 6.67. The van der Waals surface area contributed by atoms with Crippen molar-refractivity contribution in [3.63, 3.8) is 0 Å². The molecule has 0 unspecified atom stereocenters. The van der Waals surface area contributed by atoms with Crippen LogP contribution in [0, 0.1) is 0 Å². The predicted molar refractivity (Wildman–Crippen MR) is 97.3 cm³/mol. The van der Waals surface area contributed by atoms with E-state index in [4.69, 9.17) is 4.74 Å². The monoisotopic (exact) mass is 340 g/mol. The second kappa shape index (κ2) is 7.57. The third kappa shape index (κ3) is 4.51. The molecule has 2 atom stereocenters. The van der Waals surface area contributed by atoms with Crippen molar-refractivity contribution in [3.05, 3.63) is 66.2 Å². The van der Waals surface area contributed by atoms with E-state index in [9.17, 15) is 9.90 Å². The summed E-state index contributed by atoms with van der Waals surface area (Å²) in [7, 11) is 0. The van der Waals surface area contributed by atoms with Gasteiger partial charge in [-0.15, -0.1) is 0 Å². The van der Waals surface area contributed by atoms with Crippen molar-refractivity contribution in [1.29, 1.82) is 0 Å². The first-order valence-corrected chi connectivity index (χ1v) is 8.54. The van der Waals surface area contributed by atoms with Crippen molar-refractivity contribution in [1.82, 2.24) is 4.90 Å². The lowest BCUT2D eigenvalue weighted by Gasteiger charge is -2.43. The number of piperidine rings is 1. The molecule has 0 aromatic heterocycles. The number of β-amino-alcohol motifs (C(OH)–C–C–N with tert-alkyl or cyclic N) is 1. The molecule has 0 spiro atoms. The van der Waals surface area contributed by atoms with Gasteiger partial charge in [-0.25, -0.2) is 4.79 Å². The van der Waals surface area contributed by atoms with E-state index in [0.717, 1.165) is 11.3 Å². The number of ether oxygens (including phenoxy) is 1. The van der Waals surface area contributed by atoms with Gasteiger partial charge in [0.05, 0.1) is 18.2 Å². The largest absolute Gasteiger partial charge is 0.445 e. The van der Waals surface area contributed by atoms with Crippen molar-refractivity contribution in [3.8, 4) is 0 Å². The predicted octanol–water partition coefficient (Wildman–Crippen LogP) is 3.26. The molecule has 3 rings (SSSR count). The summed E-state index contributed by atoms with van der Waals surface area (Å²) in [6.45, 7) is 2.79. The van der Waals surface area contributed by atoms with Crippen LogP contribution in [0.4, 0.5) is 10.5 Å². The molecule has 2 aromatic carbocycles. The summed E-state index contributed by atoms with van der Waals surface area (Å²) in [4.78, 5) is 13.9. The van der Waals surface area contributed by atoms with Crippen LogP contribution >= 0.6 is 0 Å². The van der Waals surface area contributed by atoms with Crippen molar-refractivity contribution in [2.75, 3.05) is 18.4 Å². The molecule has 2 N–H and O–H groups in total. The van der Waals surface area contributed by atoms with Crippen LogP contribution in [-0.2, 0) is 11.3 Å². The van der Waals surface area contributed by atoms with Gasteiger partial charge in [0, 0.05) is 12.2 Å². The first kappa shape index (κ1) is 17.3. The maximum Gasteiger partial charge on any atom is 0.410 e. The maximum atomic E-state index is 12.3. The van der Waals surface area contributed by atoms with Crippen LogP contribution in [0.2, 0.25) is 0 Å². The summed E-state index contributed by atoms with van der Waals surface area (Å²) in [5.41, 5.74) is 0.885. The zero-order valence-electron chi connectivity index (χ0n) is 14.4. The van der Waals surface area contributed by atoms with Crippen molar-refractivity contribution >= 4 is 11.8 Å². The number of aliphatic hydroxyl groups is 1. The number of anilines is 1. The van der Waals surface area contributed by atoms with E-state index in [1.807, 2.05) is 60.7 Å². The SMILES string of the molecule is C[C@@]1(O)CN(C(=O)OCc2ccccc2)CC[C@@H]1Nc1ccccc1. The summed E-state index contributed by atoms with van der Waals surface area (Å²) < 4.78 is 5.37. The summed E-state index contributed by atoms with van der Waals surface area (Å²) in [5, 5.41) is 14.1. The Kier molecular flexibility index (Phi) is 5.24. The average Bonchev–Trinajstić information content (AvgIpc) is 2.63. The molecule has 25 heavy (non-hydrogen) atoms. The normalized spacial score (nSPS) is 23.1. The molecule has 0 aliphatic carbocycles. The summed E-state index contributed by atoms with van der Waals surface area (Å²) in [6.07, 6.45) is 0.268. The quantitative estimate of drug-likeness (QED) is 0.897. The van der Waals surface area contributed by atoms with Crippen LogP contribution in [0.3, 0.4) is 0 Å². The number of rotatable bonds is 4. The Balaban J connectivity index is 1.55. The van der Waals surface area contributed by atoms with Crippen LogP contribution in [0.5, 0.6) is 0 Å². The molecule has 132 valence electrons. The van der Waals surface area contributed by atoms with Gasteiger partial charge in [-0.3, -0.25) is 0 Å². The molecule has 1 saturated heterocycles. The summed E-state index contributed by atoms with van der Waals surface area (Å²) in [6, 6.07) is 19.3. The molecule has 5 heteroatoms. The Morgan fingerprint density at radius 2 is 1.84 bits per heavy atom. The minimum absolute atomic E-state index is 0.118. The van der Waals surface area contributed by atoms with Gasteiger partial charge in [0.2, 0.25) is 0 Å². The zero-order valence-corrected chi connectivity index (χ0v) is 14.4. The lowest BCUT2D eigenvalue weighted by Crippen LogP contribution is -2.59. The lowest BCUT2D eigenvalue weighted by atomic mass is 9.89. The molecule has 1 heterocycles.